The number of ketones is 2. The second kappa shape index (κ2) is 5.81. The summed E-state index contributed by atoms with van der Waals surface area (Å²) in [4.78, 5) is 22.2. The van der Waals surface area contributed by atoms with Gasteiger partial charge < -0.3 is 5.11 Å². The van der Waals surface area contributed by atoms with Crippen molar-refractivity contribution in [1.29, 1.82) is 0 Å². The molecular formula is C12H18O3. The van der Waals surface area contributed by atoms with Crippen LogP contribution in [-0.4, -0.2) is 22.8 Å². The Hall–Kier alpha value is -0.960. The second-order valence-electron chi connectivity index (χ2n) is 4.19. The summed E-state index contributed by atoms with van der Waals surface area (Å²) in [6.07, 6.45) is 6.76. The Kier molecular flexibility index (Phi) is 4.69. The molecule has 1 aliphatic carbocycles. The number of Topliss-reactive ketones (excluding diaryl/α,β-unsaturated/α-hetero) is 2. The molecule has 15 heavy (non-hydrogen) atoms. The van der Waals surface area contributed by atoms with Crippen LogP contribution in [0, 0.1) is 5.92 Å². The van der Waals surface area contributed by atoms with E-state index in [0.717, 1.165) is 19.3 Å². The Balaban J connectivity index is 2.32. The predicted molar refractivity (Wildman–Crippen MR) is 57.4 cm³/mol. The van der Waals surface area contributed by atoms with Crippen molar-refractivity contribution in [3.63, 3.8) is 0 Å². The molecule has 1 rings (SSSR count). The molecule has 0 bridgehead atoms. The highest BCUT2D eigenvalue weighted by Crippen LogP contribution is 2.21. The molecular weight excluding hydrogens is 192 g/mol. The summed E-state index contributed by atoms with van der Waals surface area (Å²) in [5, 5.41) is 9.24. The number of hydrogen-bond acceptors (Lipinski definition) is 3. The lowest BCUT2D eigenvalue weighted by Crippen LogP contribution is -2.22. The molecule has 3 nitrogen and oxygen atoms in total. The number of carbonyl (C=O) groups is 2. The number of carbonyl (C=O) groups excluding carboxylic acids is 2. The highest BCUT2D eigenvalue weighted by Gasteiger charge is 2.18. The van der Waals surface area contributed by atoms with Gasteiger partial charge in [-0.15, -0.1) is 0 Å². The van der Waals surface area contributed by atoms with Crippen LogP contribution < -0.4 is 0 Å². The highest BCUT2D eigenvalue weighted by molar-refractivity contribution is 5.88. The summed E-state index contributed by atoms with van der Waals surface area (Å²) in [5.74, 6) is -0.0396. The molecule has 0 aromatic heterocycles. The normalized spacial score (nSPS) is 22.4. The van der Waals surface area contributed by atoms with Gasteiger partial charge >= 0.3 is 0 Å². The topological polar surface area (TPSA) is 54.4 Å². The van der Waals surface area contributed by atoms with Crippen molar-refractivity contribution in [1.82, 2.24) is 0 Å². The van der Waals surface area contributed by atoms with E-state index in [-0.39, 0.29) is 18.0 Å². The Morgan fingerprint density at radius 1 is 1.53 bits per heavy atom. The molecule has 0 radical (unpaired) electrons. The third kappa shape index (κ3) is 4.38. The van der Waals surface area contributed by atoms with E-state index in [4.69, 9.17) is 0 Å². The van der Waals surface area contributed by atoms with Gasteiger partial charge in [-0.05, 0) is 32.1 Å². The van der Waals surface area contributed by atoms with Gasteiger partial charge in [-0.1, -0.05) is 12.2 Å². The fourth-order valence-corrected chi connectivity index (χ4v) is 1.79. The zero-order chi connectivity index (χ0) is 11.3. The standard InChI is InChI=1S/C12H18O3/c1-9(13)12(15)8-11(14)7-10-5-3-2-4-6-10/h3,5,10,12,15H,2,4,6-8H2,1H3. The molecule has 84 valence electrons. The number of aliphatic hydroxyl groups is 1. The summed E-state index contributed by atoms with van der Waals surface area (Å²) >= 11 is 0. The van der Waals surface area contributed by atoms with E-state index in [2.05, 4.69) is 12.2 Å². The largest absolute Gasteiger partial charge is 0.385 e. The van der Waals surface area contributed by atoms with Crippen molar-refractivity contribution in [3.8, 4) is 0 Å². The Morgan fingerprint density at radius 2 is 2.27 bits per heavy atom. The molecule has 0 heterocycles. The summed E-state index contributed by atoms with van der Waals surface area (Å²) in [6, 6.07) is 0. The van der Waals surface area contributed by atoms with Crippen molar-refractivity contribution < 1.29 is 14.7 Å². The molecule has 0 aromatic carbocycles. The van der Waals surface area contributed by atoms with Crippen LogP contribution in [0.25, 0.3) is 0 Å². The van der Waals surface area contributed by atoms with Crippen LogP contribution in [0.4, 0.5) is 0 Å². The quantitative estimate of drug-likeness (QED) is 0.702. The molecule has 2 atom stereocenters. The van der Waals surface area contributed by atoms with E-state index >= 15 is 0 Å². The predicted octanol–water partition coefficient (Wildman–Crippen LogP) is 1.64. The van der Waals surface area contributed by atoms with Gasteiger partial charge in [0, 0.05) is 12.8 Å². The fraction of sp³-hybridized carbons (Fsp3) is 0.667. The van der Waals surface area contributed by atoms with Gasteiger partial charge in [0.15, 0.2) is 5.78 Å². The molecule has 3 heteroatoms. The first-order chi connectivity index (χ1) is 7.09. The summed E-state index contributed by atoms with van der Waals surface area (Å²) in [6.45, 7) is 1.30. The van der Waals surface area contributed by atoms with Crippen molar-refractivity contribution in [2.45, 2.75) is 45.1 Å². The van der Waals surface area contributed by atoms with Crippen LogP contribution in [0.1, 0.15) is 39.0 Å². The Labute approximate surface area is 90.2 Å². The van der Waals surface area contributed by atoms with E-state index in [9.17, 15) is 14.7 Å². The summed E-state index contributed by atoms with van der Waals surface area (Å²) in [7, 11) is 0. The minimum absolute atomic E-state index is 0.0192. The average Bonchev–Trinajstić information content (AvgIpc) is 2.18. The van der Waals surface area contributed by atoms with Crippen LogP contribution in [0.5, 0.6) is 0 Å². The molecule has 1 N–H and O–H groups in total. The van der Waals surface area contributed by atoms with Gasteiger partial charge in [0.05, 0.1) is 0 Å². The molecule has 0 fully saturated rings. The monoisotopic (exact) mass is 210 g/mol. The van der Waals surface area contributed by atoms with Crippen molar-refractivity contribution >= 4 is 11.6 Å². The van der Waals surface area contributed by atoms with Crippen LogP contribution in [0.2, 0.25) is 0 Å². The van der Waals surface area contributed by atoms with Crippen molar-refractivity contribution in [2.75, 3.05) is 0 Å². The average molecular weight is 210 g/mol. The van der Waals surface area contributed by atoms with E-state index in [1.807, 2.05) is 0 Å². The molecule has 1 aliphatic rings. The van der Waals surface area contributed by atoms with Gasteiger partial charge in [0.2, 0.25) is 0 Å². The summed E-state index contributed by atoms with van der Waals surface area (Å²) in [5.41, 5.74) is 0. The Morgan fingerprint density at radius 3 is 2.80 bits per heavy atom. The van der Waals surface area contributed by atoms with Gasteiger partial charge in [-0.3, -0.25) is 9.59 Å². The van der Waals surface area contributed by atoms with Crippen molar-refractivity contribution in [2.24, 2.45) is 5.92 Å². The summed E-state index contributed by atoms with van der Waals surface area (Å²) < 4.78 is 0. The third-order valence-corrected chi connectivity index (χ3v) is 2.73. The van der Waals surface area contributed by atoms with Crippen LogP contribution in [0.3, 0.4) is 0 Å². The first kappa shape index (κ1) is 12.1. The molecule has 0 saturated heterocycles. The number of aliphatic hydroxyl groups excluding tert-OH is 1. The second-order valence-corrected chi connectivity index (χ2v) is 4.19. The van der Waals surface area contributed by atoms with Gasteiger partial charge in [-0.25, -0.2) is 0 Å². The molecule has 0 aliphatic heterocycles. The third-order valence-electron chi connectivity index (χ3n) is 2.73. The van der Waals surface area contributed by atoms with Crippen LogP contribution >= 0.6 is 0 Å². The van der Waals surface area contributed by atoms with Gasteiger partial charge in [-0.2, -0.15) is 0 Å². The molecule has 0 aromatic rings. The number of rotatable bonds is 5. The maximum Gasteiger partial charge on any atom is 0.158 e. The van der Waals surface area contributed by atoms with E-state index in [1.54, 1.807) is 0 Å². The fourth-order valence-electron chi connectivity index (χ4n) is 1.79. The first-order valence-corrected chi connectivity index (χ1v) is 5.46. The maximum atomic E-state index is 11.5. The lowest BCUT2D eigenvalue weighted by molar-refractivity contribution is -0.131. The SMILES string of the molecule is CC(=O)C(O)CC(=O)CC1C=CCCC1. The van der Waals surface area contributed by atoms with E-state index in [0.29, 0.717) is 12.3 Å². The molecule has 2 unspecified atom stereocenters. The van der Waals surface area contributed by atoms with E-state index in [1.165, 1.54) is 6.92 Å². The lowest BCUT2D eigenvalue weighted by Gasteiger charge is -2.15. The first-order valence-electron chi connectivity index (χ1n) is 5.46. The minimum Gasteiger partial charge on any atom is -0.385 e. The number of hydrogen-bond donors (Lipinski definition) is 1. The van der Waals surface area contributed by atoms with E-state index < -0.39 is 6.10 Å². The molecule has 0 spiro atoms. The van der Waals surface area contributed by atoms with Crippen molar-refractivity contribution in [3.05, 3.63) is 12.2 Å². The lowest BCUT2D eigenvalue weighted by atomic mass is 9.90. The minimum atomic E-state index is -1.11. The Bertz CT molecular complexity index is 268. The number of allylic oxidation sites excluding steroid dienone is 2. The maximum absolute atomic E-state index is 11.5. The van der Waals surface area contributed by atoms with Gasteiger partial charge in [0.25, 0.3) is 0 Å². The molecule has 0 saturated carbocycles. The smallest absolute Gasteiger partial charge is 0.158 e. The zero-order valence-corrected chi connectivity index (χ0v) is 9.11. The van der Waals surface area contributed by atoms with Gasteiger partial charge in [0.1, 0.15) is 11.9 Å². The van der Waals surface area contributed by atoms with Crippen LogP contribution in [-0.2, 0) is 9.59 Å². The zero-order valence-electron chi connectivity index (χ0n) is 9.11. The van der Waals surface area contributed by atoms with Crippen LogP contribution in [0.15, 0.2) is 12.2 Å². The highest BCUT2D eigenvalue weighted by atomic mass is 16.3. The molecule has 0 amide bonds.